The van der Waals surface area contributed by atoms with E-state index in [-0.39, 0.29) is 19.6 Å². The van der Waals surface area contributed by atoms with Crippen LogP contribution in [0.2, 0.25) is 0 Å². The number of aromatic nitrogens is 3. The Bertz CT molecular complexity index is 1020. The molecule has 2 aliphatic rings. The summed E-state index contributed by atoms with van der Waals surface area (Å²) in [6, 6.07) is 5.03. The quantitative estimate of drug-likeness (QED) is 0.554. The third-order valence-electron chi connectivity index (χ3n) is 5.96. The Labute approximate surface area is 179 Å². The van der Waals surface area contributed by atoms with E-state index in [1.165, 1.54) is 18.7 Å². The van der Waals surface area contributed by atoms with Gasteiger partial charge < -0.3 is 25.0 Å². The SMILES string of the molecule is O=c1ccn(C2OC(CCO)C(O)C2O)c(=O)n1Cc1cc(N2CCCCC2)ccn1. The molecule has 2 aromatic heterocycles. The monoisotopic (exact) mass is 432 g/mol. The molecular formula is C21H28N4O6. The normalized spacial score (nSPS) is 26.4. The summed E-state index contributed by atoms with van der Waals surface area (Å²) in [7, 11) is 0. The van der Waals surface area contributed by atoms with Crippen molar-refractivity contribution in [2.24, 2.45) is 0 Å². The molecule has 0 spiro atoms. The van der Waals surface area contributed by atoms with Crippen molar-refractivity contribution in [3.05, 3.63) is 57.1 Å². The minimum absolute atomic E-state index is 0.0222. The van der Waals surface area contributed by atoms with Crippen LogP contribution in [0.1, 0.15) is 37.6 Å². The van der Waals surface area contributed by atoms with Crippen LogP contribution >= 0.6 is 0 Å². The number of pyridine rings is 1. The predicted octanol–water partition coefficient (Wildman–Crippen LogP) is -0.555. The highest BCUT2D eigenvalue weighted by atomic mass is 16.6. The van der Waals surface area contributed by atoms with E-state index in [0.29, 0.717) is 5.69 Å². The number of hydrogen-bond acceptors (Lipinski definition) is 8. The number of piperidine rings is 1. The van der Waals surface area contributed by atoms with Gasteiger partial charge in [-0.05, 0) is 37.8 Å². The zero-order valence-electron chi connectivity index (χ0n) is 17.2. The molecule has 0 saturated carbocycles. The molecule has 0 radical (unpaired) electrons. The molecule has 2 aromatic rings. The molecule has 31 heavy (non-hydrogen) atoms. The Morgan fingerprint density at radius 2 is 1.87 bits per heavy atom. The molecule has 2 saturated heterocycles. The average molecular weight is 432 g/mol. The maximum atomic E-state index is 13.1. The number of anilines is 1. The van der Waals surface area contributed by atoms with Gasteiger partial charge in [-0.1, -0.05) is 0 Å². The molecule has 4 unspecified atom stereocenters. The molecule has 2 fully saturated rings. The molecule has 4 heterocycles. The summed E-state index contributed by atoms with van der Waals surface area (Å²) >= 11 is 0. The van der Waals surface area contributed by atoms with E-state index in [9.17, 15) is 19.8 Å². The lowest BCUT2D eigenvalue weighted by Gasteiger charge is -2.29. The van der Waals surface area contributed by atoms with Crippen molar-refractivity contribution in [3.63, 3.8) is 0 Å². The van der Waals surface area contributed by atoms with E-state index in [0.717, 1.165) is 40.8 Å². The van der Waals surface area contributed by atoms with E-state index in [4.69, 9.17) is 9.84 Å². The fourth-order valence-electron chi connectivity index (χ4n) is 4.26. The molecule has 0 amide bonds. The second kappa shape index (κ2) is 9.31. The second-order valence-electron chi connectivity index (χ2n) is 8.04. The number of ether oxygens (including phenoxy) is 1. The molecule has 4 atom stereocenters. The lowest BCUT2D eigenvalue weighted by Crippen LogP contribution is -2.43. The summed E-state index contributed by atoms with van der Waals surface area (Å²) in [6.07, 6.45) is 1.96. The standard InChI is InChI=1S/C21H28N4O6/c26-11-6-16-18(28)19(29)20(31-16)24-10-5-17(27)25(21(24)30)13-14-12-15(4-7-22-14)23-8-2-1-3-9-23/h4-5,7,10,12,16,18-20,26,28-29H,1-3,6,8-9,11,13H2. The van der Waals surface area contributed by atoms with Crippen molar-refractivity contribution < 1.29 is 20.1 Å². The fraction of sp³-hybridized carbons (Fsp3) is 0.571. The molecule has 0 aromatic carbocycles. The van der Waals surface area contributed by atoms with Crippen molar-refractivity contribution >= 4 is 5.69 Å². The molecule has 4 rings (SSSR count). The smallest absolute Gasteiger partial charge is 0.333 e. The van der Waals surface area contributed by atoms with Crippen LogP contribution in [-0.4, -0.2) is 67.4 Å². The first kappa shape index (κ1) is 21.7. The number of nitrogens with zero attached hydrogens (tertiary/aromatic N) is 4. The Kier molecular flexibility index (Phi) is 6.51. The first-order valence-corrected chi connectivity index (χ1v) is 10.6. The van der Waals surface area contributed by atoms with Crippen LogP contribution < -0.4 is 16.1 Å². The Balaban J connectivity index is 1.60. The van der Waals surface area contributed by atoms with E-state index in [2.05, 4.69) is 9.88 Å². The van der Waals surface area contributed by atoms with Gasteiger partial charge in [-0.15, -0.1) is 0 Å². The van der Waals surface area contributed by atoms with E-state index in [1.807, 2.05) is 12.1 Å². The Morgan fingerprint density at radius 3 is 2.61 bits per heavy atom. The van der Waals surface area contributed by atoms with Gasteiger partial charge in [-0.25, -0.2) is 4.79 Å². The van der Waals surface area contributed by atoms with Crippen molar-refractivity contribution in [1.82, 2.24) is 14.1 Å². The van der Waals surface area contributed by atoms with Crippen molar-refractivity contribution in [1.29, 1.82) is 0 Å². The van der Waals surface area contributed by atoms with Crippen molar-refractivity contribution in [3.8, 4) is 0 Å². The minimum atomic E-state index is -1.36. The van der Waals surface area contributed by atoms with Gasteiger partial charge in [0.05, 0.1) is 18.3 Å². The lowest BCUT2D eigenvalue weighted by atomic mass is 10.1. The van der Waals surface area contributed by atoms with Crippen LogP contribution in [0.25, 0.3) is 0 Å². The van der Waals surface area contributed by atoms with Crippen molar-refractivity contribution in [2.75, 3.05) is 24.6 Å². The molecule has 3 N–H and O–H groups in total. The maximum Gasteiger partial charge on any atom is 0.333 e. The van der Waals surface area contributed by atoms with Crippen LogP contribution in [0.4, 0.5) is 5.69 Å². The third kappa shape index (κ3) is 4.42. The molecule has 0 bridgehead atoms. The van der Waals surface area contributed by atoms with Crippen molar-refractivity contribution in [2.45, 2.75) is 56.8 Å². The fourth-order valence-corrected chi connectivity index (χ4v) is 4.26. The van der Waals surface area contributed by atoms with E-state index >= 15 is 0 Å². The molecule has 2 aliphatic heterocycles. The molecule has 0 aliphatic carbocycles. The average Bonchev–Trinajstić information content (AvgIpc) is 3.06. The van der Waals surface area contributed by atoms with E-state index in [1.54, 1.807) is 6.20 Å². The zero-order valence-corrected chi connectivity index (χ0v) is 17.2. The molecule has 168 valence electrons. The first-order valence-electron chi connectivity index (χ1n) is 10.6. The van der Waals surface area contributed by atoms with Gasteiger partial charge >= 0.3 is 5.69 Å². The number of aliphatic hydroxyl groups is 3. The van der Waals surface area contributed by atoms with Crippen LogP contribution in [-0.2, 0) is 11.3 Å². The molecule has 10 heteroatoms. The van der Waals surface area contributed by atoms with E-state index < -0.39 is 35.8 Å². The van der Waals surface area contributed by atoms with Crippen LogP contribution in [0.3, 0.4) is 0 Å². The second-order valence-corrected chi connectivity index (χ2v) is 8.04. The number of rotatable bonds is 6. The van der Waals surface area contributed by atoms with Gasteiger partial charge in [-0.3, -0.25) is 18.9 Å². The van der Waals surface area contributed by atoms with Gasteiger partial charge in [0.15, 0.2) is 6.23 Å². The number of aliphatic hydroxyl groups excluding tert-OH is 3. The van der Waals surface area contributed by atoms with Gasteiger partial charge in [-0.2, -0.15) is 0 Å². The summed E-state index contributed by atoms with van der Waals surface area (Å²) in [5, 5.41) is 29.6. The Morgan fingerprint density at radius 1 is 1.10 bits per heavy atom. The molecule has 10 nitrogen and oxygen atoms in total. The van der Waals surface area contributed by atoms with Gasteiger partial charge in [0.25, 0.3) is 5.56 Å². The maximum absolute atomic E-state index is 13.1. The molecular weight excluding hydrogens is 404 g/mol. The summed E-state index contributed by atoms with van der Waals surface area (Å²) in [5.41, 5.74) is 0.426. The zero-order chi connectivity index (χ0) is 22.0. The topological polar surface area (TPSA) is 130 Å². The van der Waals surface area contributed by atoms with Gasteiger partial charge in [0, 0.05) is 43.8 Å². The largest absolute Gasteiger partial charge is 0.396 e. The highest BCUT2D eigenvalue weighted by Crippen LogP contribution is 2.29. The summed E-state index contributed by atoms with van der Waals surface area (Å²) in [4.78, 5) is 32.1. The summed E-state index contributed by atoms with van der Waals surface area (Å²) < 4.78 is 7.73. The highest BCUT2D eigenvalue weighted by molar-refractivity contribution is 5.46. The minimum Gasteiger partial charge on any atom is -0.396 e. The number of hydrogen-bond donors (Lipinski definition) is 3. The van der Waals surface area contributed by atoms with Crippen LogP contribution in [0.5, 0.6) is 0 Å². The lowest BCUT2D eigenvalue weighted by molar-refractivity contribution is -0.0458. The predicted molar refractivity (Wildman–Crippen MR) is 112 cm³/mol. The summed E-state index contributed by atoms with van der Waals surface area (Å²) in [6.45, 7) is 1.69. The third-order valence-corrected chi connectivity index (χ3v) is 5.96. The van der Waals surface area contributed by atoms with Crippen LogP contribution in [0.15, 0.2) is 40.2 Å². The van der Waals surface area contributed by atoms with Gasteiger partial charge in [0.2, 0.25) is 0 Å². The van der Waals surface area contributed by atoms with Gasteiger partial charge in [0.1, 0.15) is 12.2 Å². The van der Waals surface area contributed by atoms with Crippen LogP contribution in [0, 0.1) is 0 Å². The summed E-state index contributed by atoms with van der Waals surface area (Å²) in [5.74, 6) is 0. The highest BCUT2D eigenvalue weighted by Gasteiger charge is 2.43. The Hall–Kier alpha value is -2.53. The first-order chi connectivity index (χ1) is 15.0.